The van der Waals surface area contributed by atoms with Crippen LogP contribution in [0.4, 0.5) is 10.5 Å². The lowest BCUT2D eigenvalue weighted by Crippen LogP contribution is -2.36. The van der Waals surface area contributed by atoms with Gasteiger partial charge in [0.15, 0.2) is 0 Å². The van der Waals surface area contributed by atoms with E-state index in [4.69, 9.17) is 16.3 Å². The second-order valence-corrected chi connectivity index (χ2v) is 12.0. The van der Waals surface area contributed by atoms with Crippen molar-refractivity contribution in [3.05, 3.63) is 99.1 Å². The van der Waals surface area contributed by atoms with E-state index in [-0.39, 0.29) is 18.0 Å². The molecule has 0 saturated carbocycles. The number of aryl methyl sites for hydroxylation is 2. The van der Waals surface area contributed by atoms with Crippen LogP contribution in [0.15, 0.2) is 60.7 Å². The Morgan fingerprint density at radius 1 is 0.975 bits per heavy atom. The number of carboxylic acid groups (broad SMARTS) is 1. The van der Waals surface area contributed by atoms with Gasteiger partial charge in [0.2, 0.25) is 5.91 Å². The largest absolute Gasteiger partial charge is 0.478 e. The van der Waals surface area contributed by atoms with Crippen LogP contribution in [-0.4, -0.2) is 28.7 Å². The summed E-state index contributed by atoms with van der Waals surface area (Å²) in [6, 6.07) is 18.4. The molecule has 0 spiro atoms. The number of carbonyl (C=O) groups is 3. The smallest absolute Gasteiger partial charge is 0.407 e. The molecule has 4 rings (SSSR count). The summed E-state index contributed by atoms with van der Waals surface area (Å²) in [7, 11) is 0. The maximum Gasteiger partial charge on any atom is 0.407 e. The van der Waals surface area contributed by atoms with Crippen LogP contribution in [0.5, 0.6) is 0 Å². The predicted octanol–water partition coefficient (Wildman–Crippen LogP) is 6.67. The first-order chi connectivity index (χ1) is 18.8. The Kier molecular flexibility index (Phi) is 8.26. The zero-order valence-electron chi connectivity index (χ0n) is 23.5. The van der Waals surface area contributed by atoms with Crippen LogP contribution in [0.3, 0.4) is 0 Å². The van der Waals surface area contributed by atoms with Gasteiger partial charge in [0.1, 0.15) is 5.60 Å². The average molecular weight is 563 g/mol. The molecule has 3 aromatic carbocycles. The second-order valence-electron chi connectivity index (χ2n) is 11.6. The zero-order chi connectivity index (χ0) is 29.2. The van der Waals surface area contributed by atoms with Gasteiger partial charge >= 0.3 is 12.1 Å². The summed E-state index contributed by atoms with van der Waals surface area (Å²) >= 11 is 6.69. The highest BCUT2D eigenvalue weighted by atomic mass is 35.5. The van der Waals surface area contributed by atoms with E-state index in [0.717, 1.165) is 27.8 Å². The van der Waals surface area contributed by atoms with Crippen LogP contribution in [-0.2, 0) is 40.9 Å². The number of hydrogen-bond donors (Lipinski definition) is 2. The number of amides is 2. The van der Waals surface area contributed by atoms with Gasteiger partial charge in [0, 0.05) is 17.3 Å². The predicted molar refractivity (Wildman–Crippen MR) is 156 cm³/mol. The van der Waals surface area contributed by atoms with Crippen molar-refractivity contribution in [2.24, 2.45) is 0 Å². The van der Waals surface area contributed by atoms with Crippen molar-refractivity contribution >= 4 is 35.3 Å². The molecule has 7 nitrogen and oxygen atoms in total. The van der Waals surface area contributed by atoms with E-state index < -0.39 is 23.1 Å². The van der Waals surface area contributed by atoms with Gasteiger partial charge in [-0.1, -0.05) is 54.1 Å². The summed E-state index contributed by atoms with van der Waals surface area (Å²) in [6.45, 7) is 9.74. The van der Waals surface area contributed by atoms with Gasteiger partial charge in [-0.05, 0) is 93.5 Å². The zero-order valence-corrected chi connectivity index (χ0v) is 24.3. The number of carboxylic acids is 1. The van der Waals surface area contributed by atoms with E-state index in [1.165, 1.54) is 6.07 Å². The van der Waals surface area contributed by atoms with Gasteiger partial charge in [-0.2, -0.15) is 0 Å². The number of nitrogens with zero attached hydrogens (tertiary/aromatic N) is 1. The fourth-order valence-electron chi connectivity index (χ4n) is 5.03. The Balaban J connectivity index is 1.56. The number of alkyl carbamates (subject to hydrolysis) is 1. The summed E-state index contributed by atoms with van der Waals surface area (Å²) < 4.78 is 5.36. The molecule has 1 heterocycles. The van der Waals surface area contributed by atoms with Crippen LogP contribution in [0.2, 0.25) is 5.02 Å². The highest BCUT2D eigenvalue weighted by Gasteiger charge is 2.44. The number of benzene rings is 3. The minimum absolute atomic E-state index is 0.102. The lowest BCUT2D eigenvalue weighted by Gasteiger charge is -2.23. The van der Waals surface area contributed by atoms with Crippen molar-refractivity contribution in [1.29, 1.82) is 0 Å². The van der Waals surface area contributed by atoms with Gasteiger partial charge in [0.25, 0.3) is 0 Å². The molecule has 0 fully saturated rings. The summed E-state index contributed by atoms with van der Waals surface area (Å²) in [5, 5.41) is 12.9. The molecule has 0 bridgehead atoms. The number of aromatic carboxylic acids is 1. The molecule has 0 aliphatic carbocycles. The Hall–Kier alpha value is -3.84. The third kappa shape index (κ3) is 6.31. The van der Waals surface area contributed by atoms with Crippen molar-refractivity contribution < 1.29 is 24.2 Å². The molecule has 0 radical (unpaired) electrons. The number of hydrogen-bond acceptors (Lipinski definition) is 4. The maximum absolute atomic E-state index is 13.5. The maximum atomic E-state index is 13.5. The lowest BCUT2D eigenvalue weighted by atomic mass is 9.86. The standard InChI is InChI=1S/C32H35ClN2O5/c1-31(2,3)40-30(39)34-18-23-10-7-6-9-20(23)13-14-21-11-8-12-26(33)24(21)19-35-27-17-22(28(36)37)15-16-25(27)32(4,5)29(35)38/h6-12,15-17H,13-14,18-19H2,1-5H3,(H,34,39)(H,36,37). The molecule has 0 saturated heterocycles. The minimum Gasteiger partial charge on any atom is -0.478 e. The summed E-state index contributed by atoms with van der Waals surface area (Å²) in [5.41, 5.74) is 4.05. The third-order valence-corrected chi connectivity index (χ3v) is 7.48. The Bertz CT molecular complexity index is 1460. The Morgan fingerprint density at radius 3 is 2.30 bits per heavy atom. The molecule has 0 atom stereocenters. The van der Waals surface area contributed by atoms with Crippen molar-refractivity contribution in [1.82, 2.24) is 5.32 Å². The summed E-state index contributed by atoms with van der Waals surface area (Å²) in [4.78, 5) is 39.0. The summed E-state index contributed by atoms with van der Waals surface area (Å²) in [5.74, 6) is -1.15. The fraction of sp³-hybridized carbons (Fsp3) is 0.344. The topological polar surface area (TPSA) is 95.9 Å². The number of nitrogens with one attached hydrogen (secondary N) is 1. The molecule has 0 unspecified atom stereocenters. The minimum atomic E-state index is -1.04. The average Bonchev–Trinajstić information content (AvgIpc) is 3.07. The SMILES string of the molecule is CC(C)(C)OC(=O)NCc1ccccc1CCc1cccc(Cl)c1CN1C(=O)C(C)(C)c2ccc(C(=O)O)cc21. The molecule has 0 aromatic heterocycles. The molecular weight excluding hydrogens is 528 g/mol. The van der Waals surface area contributed by atoms with E-state index in [1.807, 2.05) is 71.0 Å². The Morgan fingerprint density at radius 2 is 1.62 bits per heavy atom. The first-order valence-electron chi connectivity index (χ1n) is 13.3. The van der Waals surface area contributed by atoms with Crippen LogP contribution in [0.1, 0.15) is 72.8 Å². The highest BCUT2D eigenvalue weighted by Crippen LogP contribution is 2.43. The number of rotatable bonds is 8. The van der Waals surface area contributed by atoms with Gasteiger partial charge in [-0.15, -0.1) is 0 Å². The van der Waals surface area contributed by atoms with Crippen LogP contribution >= 0.6 is 11.6 Å². The molecule has 1 aliphatic heterocycles. The van der Waals surface area contributed by atoms with Crippen molar-refractivity contribution in [2.75, 3.05) is 4.90 Å². The van der Waals surface area contributed by atoms with Crippen molar-refractivity contribution in [3.8, 4) is 0 Å². The second kappa shape index (κ2) is 11.3. The van der Waals surface area contributed by atoms with E-state index in [9.17, 15) is 19.5 Å². The molecule has 210 valence electrons. The van der Waals surface area contributed by atoms with Crippen molar-refractivity contribution in [3.63, 3.8) is 0 Å². The van der Waals surface area contributed by atoms with E-state index >= 15 is 0 Å². The van der Waals surface area contributed by atoms with E-state index in [1.54, 1.807) is 23.1 Å². The number of carbonyl (C=O) groups excluding carboxylic acids is 2. The van der Waals surface area contributed by atoms with Gasteiger partial charge in [-0.25, -0.2) is 9.59 Å². The summed E-state index contributed by atoms with van der Waals surface area (Å²) in [6.07, 6.45) is 0.884. The molecule has 3 aromatic rings. The van der Waals surface area contributed by atoms with Crippen LogP contribution in [0.25, 0.3) is 0 Å². The highest BCUT2D eigenvalue weighted by molar-refractivity contribution is 6.31. The first-order valence-corrected chi connectivity index (χ1v) is 13.7. The molecule has 8 heteroatoms. The normalized spacial score (nSPS) is 14.2. The molecule has 2 N–H and O–H groups in total. The number of anilines is 1. The first kappa shape index (κ1) is 29.2. The van der Waals surface area contributed by atoms with E-state index in [2.05, 4.69) is 5.32 Å². The number of fused-ring (bicyclic) bond motifs is 1. The fourth-order valence-corrected chi connectivity index (χ4v) is 5.29. The molecule has 1 aliphatic rings. The van der Waals surface area contributed by atoms with Crippen LogP contribution in [0, 0.1) is 0 Å². The van der Waals surface area contributed by atoms with Gasteiger partial charge in [-0.3, -0.25) is 4.79 Å². The van der Waals surface area contributed by atoms with E-state index in [0.29, 0.717) is 30.1 Å². The van der Waals surface area contributed by atoms with Crippen LogP contribution < -0.4 is 10.2 Å². The number of ether oxygens (including phenoxy) is 1. The van der Waals surface area contributed by atoms with Crippen molar-refractivity contribution in [2.45, 2.75) is 71.6 Å². The molecule has 2 amide bonds. The van der Waals surface area contributed by atoms with Gasteiger partial charge in [0.05, 0.1) is 17.5 Å². The quantitative estimate of drug-likeness (QED) is 0.319. The monoisotopic (exact) mass is 562 g/mol. The third-order valence-electron chi connectivity index (χ3n) is 7.12. The lowest BCUT2D eigenvalue weighted by molar-refractivity contribution is -0.122. The molecule has 40 heavy (non-hydrogen) atoms. The Labute approximate surface area is 240 Å². The van der Waals surface area contributed by atoms with Gasteiger partial charge < -0.3 is 20.1 Å². The molecular formula is C32H35ClN2O5. The number of halogens is 1.